The Hall–Kier alpha value is -2.99. The van der Waals surface area contributed by atoms with Crippen molar-refractivity contribution in [3.63, 3.8) is 0 Å². The highest BCUT2D eigenvalue weighted by atomic mass is 35.5. The minimum absolute atomic E-state index is 0.160. The number of anilines is 1. The summed E-state index contributed by atoms with van der Waals surface area (Å²) in [5.74, 6) is 1.67. The molecule has 0 fully saturated rings. The average Bonchev–Trinajstić information content (AvgIpc) is 3.02. The summed E-state index contributed by atoms with van der Waals surface area (Å²) in [6, 6.07) is 14.5. The molecule has 3 aromatic rings. The lowest BCUT2D eigenvalue weighted by atomic mass is 10.1. The number of carbonyl (C=O) groups is 1. The maximum absolute atomic E-state index is 12.6. The summed E-state index contributed by atoms with van der Waals surface area (Å²) >= 11 is 6.07. The standard InChI is InChI=1S/C20H20ClN3O3/c1-13-9-19(24(23-13)16-6-4-5-15(21)11-16)22-20(25)10-14-7-8-17(26-2)12-18(14)27-3/h4-9,11-12H,10H2,1-3H3,(H,22,25). The zero-order chi connectivity index (χ0) is 19.4. The van der Waals surface area contributed by atoms with Crippen LogP contribution in [0.15, 0.2) is 48.5 Å². The number of benzene rings is 2. The topological polar surface area (TPSA) is 65.4 Å². The van der Waals surface area contributed by atoms with Crippen LogP contribution in [0.1, 0.15) is 11.3 Å². The van der Waals surface area contributed by atoms with E-state index >= 15 is 0 Å². The van der Waals surface area contributed by atoms with Gasteiger partial charge in [-0.3, -0.25) is 4.79 Å². The molecule has 0 saturated carbocycles. The molecule has 1 aromatic heterocycles. The van der Waals surface area contributed by atoms with Gasteiger partial charge in [0, 0.05) is 22.7 Å². The Kier molecular flexibility index (Phi) is 5.66. The van der Waals surface area contributed by atoms with Gasteiger partial charge in [0.1, 0.15) is 17.3 Å². The van der Waals surface area contributed by atoms with Crippen molar-refractivity contribution in [2.24, 2.45) is 0 Å². The molecule has 0 unspecified atom stereocenters. The van der Waals surface area contributed by atoms with Crippen LogP contribution in [0.2, 0.25) is 5.02 Å². The molecule has 3 rings (SSSR count). The van der Waals surface area contributed by atoms with Gasteiger partial charge >= 0.3 is 0 Å². The molecule has 1 amide bonds. The maximum atomic E-state index is 12.6. The highest BCUT2D eigenvalue weighted by Crippen LogP contribution is 2.26. The number of amides is 1. The van der Waals surface area contributed by atoms with Crippen LogP contribution < -0.4 is 14.8 Å². The third-order valence-corrected chi connectivity index (χ3v) is 4.23. The predicted octanol–water partition coefficient (Wildman–Crippen LogP) is 4.03. The van der Waals surface area contributed by atoms with Crippen molar-refractivity contribution in [2.45, 2.75) is 13.3 Å². The first kappa shape index (κ1) is 18.8. The minimum Gasteiger partial charge on any atom is -0.497 e. The highest BCUT2D eigenvalue weighted by Gasteiger charge is 2.14. The van der Waals surface area contributed by atoms with Crippen molar-refractivity contribution >= 4 is 23.3 Å². The zero-order valence-electron chi connectivity index (χ0n) is 15.3. The monoisotopic (exact) mass is 385 g/mol. The van der Waals surface area contributed by atoms with Crippen LogP contribution in [0, 0.1) is 6.92 Å². The normalized spacial score (nSPS) is 10.5. The fourth-order valence-electron chi connectivity index (χ4n) is 2.75. The Labute approximate surface area is 162 Å². The van der Waals surface area contributed by atoms with Gasteiger partial charge in [-0.1, -0.05) is 23.7 Å². The number of hydrogen-bond donors (Lipinski definition) is 1. The van der Waals surface area contributed by atoms with Crippen LogP contribution in [-0.4, -0.2) is 29.9 Å². The van der Waals surface area contributed by atoms with E-state index < -0.39 is 0 Å². The molecule has 0 radical (unpaired) electrons. The van der Waals surface area contributed by atoms with Gasteiger partial charge in [0.25, 0.3) is 0 Å². The Morgan fingerprint density at radius 2 is 1.96 bits per heavy atom. The number of aromatic nitrogens is 2. The minimum atomic E-state index is -0.179. The number of ether oxygens (including phenoxy) is 2. The molecule has 0 aliphatic heterocycles. The number of rotatable bonds is 6. The van der Waals surface area contributed by atoms with E-state index in [1.165, 1.54) is 0 Å². The SMILES string of the molecule is COc1ccc(CC(=O)Nc2cc(C)nn2-c2cccc(Cl)c2)c(OC)c1. The number of nitrogens with zero attached hydrogens (tertiary/aromatic N) is 2. The zero-order valence-corrected chi connectivity index (χ0v) is 16.1. The van der Waals surface area contributed by atoms with Gasteiger partial charge < -0.3 is 14.8 Å². The molecule has 1 heterocycles. The third-order valence-electron chi connectivity index (χ3n) is 4.00. The van der Waals surface area contributed by atoms with Gasteiger partial charge in [0.05, 0.1) is 32.0 Å². The van der Waals surface area contributed by atoms with Crippen LogP contribution in [0.25, 0.3) is 5.69 Å². The second-order valence-electron chi connectivity index (χ2n) is 5.97. The van der Waals surface area contributed by atoms with E-state index in [2.05, 4.69) is 10.4 Å². The van der Waals surface area contributed by atoms with Crippen molar-refractivity contribution in [1.82, 2.24) is 9.78 Å². The van der Waals surface area contributed by atoms with E-state index in [0.717, 1.165) is 16.9 Å². The molecule has 6 nitrogen and oxygen atoms in total. The van der Waals surface area contributed by atoms with E-state index in [-0.39, 0.29) is 12.3 Å². The Morgan fingerprint density at radius 3 is 2.67 bits per heavy atom. The summed E-state index contributed by atoms with van der Waals surface area (Å²) in [6.45, 7) is 1.86. The van der Waals surface area contributed by atoms with Crippen LogP contribution in [0.3, 0.4) is 0 Å². The maximum Gasteiger partial charge on any atom is 0.230 e. The molecule has 7 heteroatoms. The molecular weight excluding hydrogens is 366 g/mol. The molecule has 0 aliphatic carbocycles. The average molecular weight is 386 g/mol. The van der Waals surface area contributed by atoms with Crippen molar-refractivity contribution in [3.05, 3.63) is 64.8 Å². The Bertz CT molecular complexity index is 969. The second kappa shape index (κ2) is 8.14. The summed E-state index contributed by atoms with van der Waals surface area (Å²) < 4.78 is 12.2. The van der Waals surface area contributed by atoms with E-state index in [0.29, 0.717) is 22.3 Å². The molecule has 0 spiro atoms. The number of hydrogen-bond acceptors (Lipinski definition) is 4. The lowest BCUT2D eigenvalue weighted by Crippen LogP contribution is -2.17. The first-order valence-electron chi connectivity index (χ1n) is 8.33. The molecule has 2 aromatic carbocycles. The highest BCUT2D eigenvalue weighted by molar-refractivity contribution is 6.30. The Morgan fingerprint density at radius 1 is 1.15 bits per heavy atom. The molecular formula is C20H20ClN3O3. The number of aryl methyl sites for hydroxylation is 1. The second-order valence-corrected chi connectivity index (χ2v) is 6.40. The van der Waals surface area contributed by atoms with Gasteiger partial charge in [-0.2, -0.15) is 5.10 Å². The summed E-state index contributed by atoms with van der Waals surface area (Å²) in [7, 11) is 3.15. The number of halogens is 1. The van der Waals surface area contributed by atoms with Gasteiger partial charge in [0.15, 0.2) is 0 Å². The quantitative estimate of drug-likeness (QED) is 0.695. The predicted molar refractivity (Wildman–Crippen MR) is 105 cm³/mol. The smallest absolute Gasteiger partial charge is 0.230 e. The van der Waals surface area contributed by atoms with Gasteiger partial charge in [-0.25, -0.2) is 4.68 Å². The van der Waals surface area contributed by atoms with Gasteiger partial charge in [-0.15, -0.1) is 0 Å². The molecule has 140 valence electrons. The van der Waals surface area contributed by atoms with Crippen molar-refractivity contribution in [2.75, 3.05) is 19.5 Å². The van der Waals surface area contributed by atoms with Gasteiger partial charge in [-0.05, 0) is 31.2 Å². The summed E-state index contributed by atoms with van der Waals surface area (Å²) in [5, 5.41) is 7.95. The summed E-state index contributed by atoms with van der Waals surface area (Å²) in [6.07, 6.45) is 0.160. The van der Waals surface area contributed by atoms with E-state index in [1.807, 2.05) is 31.2 Å². The van der Waals surface area contributed by atoms with Gasteiger partial charge in [0.2, 0.25) is 5.91 Å². The summed E-state index contributed by atoms with van der Waals surface area (Å²) in [4.78, 5) is 12.6. The van der Waals surface area contributed by atoms with Crippen LogP contribution in [0.4, 0.5) is 5.82 Å². The fraction of sp³-hybridized carbons (Fsp3) is 0.200. The third kappa shape index (κ3) is 4.41. The Balaban J connectivity index is 1.81. The van der Waals surface area contributed by atoms with E-state index in [4.69, 9.17) is 21.1 Å². The van der Waals surface area contributed by atoms with Crippen LogP contribution in [-0.2, 0) is 11.2 Å². The molecule has 0 bridgehead atoms. The first-order chi connectivity index (χ1) is 13.0. The van der Waals surface area contributed by atoms with Crippen molar-refractivity contribution in [3.8, 4) is 17.2 Å². The number of methoxy groups -OCH3 is 2. The van der Waals surface area contributed by atoms with Crippen molar-refractivity contribution < 1.29 is 14.3 Å². The first-order valence-corrected chi connectivity index (χ1v) is 8.71. The summed E-state index contributed by atoms with van der Waals surface area (Å²) in [5.41, 5.74) is 2.32. The lowest BCUT2D eigenvalue weighted by molar-refractivity contribution is -0.115. The van der Waals surface area contributed by atoms with Crippen LogP contribution >= 0.6 is 11.6 Å². The fourth-order valence-corrected chi connectivity index (χ4v) is 2.94. The van der Waals surface area contributed by atoms with E-state index in [1.54, 1.807) is 43.2 Å². The number of carbonyl (C=O) groups excluding carboxylic acids is 1. The molecule has 0 atom stereocenters. The molecule has 0 saturated heterocycles. The number of nitrogens with one attached hydrogen (secondary N) is 1. The molecule has 1 N–H and O–H groups in total. The van der Waals surface area contributed by atoms with E-state index in [9.17, 15) is 4.79 Å². The molecule has 0 aliphatic rings. The largest absolute Gasteiger partial charge is 0.497 e. The molecule has 27 heavy (non-hydrogen) atoms. The lowest BCUT2D eigenvalue weighted by Gasteiger charge is -2.12. The van der Waals surface area contributed by atoms with Crippen molar-refractivity contribution in [1.29, 1.82) is 0 Å². The van der Waals surface area contributed by atoms with Crippen LogP contribution in [0.5, 0.6) is 11.5 Å².